The molecule has 0 amide bonds. The molecule has 0 aliphatic carbocycles. The second-order valence-electron chi connectivity index (χ2n) is 7.83. The number of ether oxygens (including phenoxy) is 1. The van der Waals surface area contributed by atoms with E-state index in [1.807, 2.05) is 26.2 Å². The first-order chi connectivity index (χ1) is 13.4. The van der Waals surface area contributed by atoms with Crippen molar-refractivity contribution in [3.63, 3.8) is 0 Å². The maximum Gasteiger partial charge on any atom is 0.243 e. The van der Waals surface area contributed by atoms with Gasteiger partial charge in [-0.2, -0.15) is 4.31 Å². The average Bonchev–Trinajstić information content (AvgIpc) is 3.12. The lowest BCUT2D eigenvalue weighted by Crippen LogP contribution is -2.39. The summed E-state index contributed by atoms with van der Waals surface area (Å²) in [5, 5.41) is 3.43. The number of fused-ring (bicyclic) bond motifs is 1. The van der Waals surface area contributed by atoms with Crippen LogP contribution in [0.1, 0.15) is 38.2 Å². The fourth-order valence-electron chi connectivity index (χ4n) is 4.26. The van der Waals surface area contributed by atoms with Crippen molar-refractivity contribution in [1.82, 2.24) is 9.29 Å². The summed E-state index contributed by atoms with van der Waals surface area (Å²) in [7, 11) is -3.46. The van der Waals surface area contributed by atoms with Crippen LogP contribution < -0.4 is 10.1 Å². The predicted molar refractivity (Wildman–Crippen MR) is 109 cm³/mol. The van der Waals surface area contributed by atoms with E-state index in [0.717, 1.165) is 25.1 Å². The van der Waals surface area contributed by atoms with Gasteiger partial charge >= 0.3 is 0 Å². The van der Waals surface area contributed by atoms with E-state index in [0.29, 0.717) is 35.6 Å². The first kappa shape index (κ1) is 19.2. The van der Waals surface area contributed by atoms with E-state index in [-0.39, 0.29) is 6.10 Å². The molecular weight excluding hydrogens is 374 g/mol. The summed E-state index contributed by atoms with van der Waals surface area (Å²) in [5.74, 6) is 1.62. The van der Waals surface area contributed by atoms with Crippen molar-refractivity contribution in [3.8, 4) is 5.75 Å². The quantitative estimate of drug-likeness (QED) is 0.831. The molecule has 1 unspecified atom stereocenters. The van der Waals surface area contributed by atoms with Gasteiger partial charge in [0.1, 0.15) is 5.75 Å². The summed E-state index contributed by atoms with van der Waals surface area (Å²) in [6.45, 7) is 5.94. The van der Waals surface area contributed by atoms with Gasteiger partial charge in [0, 0.05) is 31.7 Å². The molecule has 28 heavy (non-hydrogen) atoms. The molecule has 2 aromatic rings. The standard InChI is InChI=1S/C21H27N3O3S/c1-15(2)27-17-3-5-18(6-4-17)28(25,26)24-11-8-16(9-12-24)20-13-23-21-14-22-10-7-19(20)21/h3-7,10,14-16,20,23H,8-9,11-13H2,1-2H3. The largest absolute Gasteiger partial charge is 0.491 e. The van der Waals surface area contributed by atoms with Crippen molar-refractivity contribution in [3.05, 3.63) is 48.3 Å². The Balaban J connectivity index is 1.42. The third kappa shape index (κ3) is 3.73. The number of pyridine rings is 1. The summed E-state index contributed by atoms with van der Waals surface area (Å²) >= 11 is 0. The van der Waals surface area contributed by atoms with E-state index >= 15 is 0 Å². The summed E-state index contributed by atoms with van der Waals surface area (Å²) in [6.07, 6.45) is 5.53. The van der Waals surface area contributed by atoms with Crippen molar-refractivity contribution in [2.45, 2.75) is 43.6 Å². The molecule has 150 valence electrons. The SMILES string of the molecule is CC(C)Oc1ccc(S(=O)(=O)N2CCC(C3CNc4cnccc43)CC2)cc1. The summed E-state index contributed by atoms with van der Waals surface area (Å²) < 4.78 is 33.3. The summed E-state index contributed by atoms with van der Waals surface area (Å²) in [5.41, 5.74) is 2.43. The number of benzene rings is 1. The lowest BCUT2D eigenvalue weighted by molar-refractivity contribution is 0.242. The molecule has 1 atom stereocenters. The number of rotatable bonds is 5. The van der Waals surface area contributed by atoms with Gasteiger partial charge < -0.3 is 10.1 Å². The van der Waals surface area contributed by atoms with Gasteiger partial charge in [-0.05, 0) is 68.5 Å². The zero-order chi connectivity index (χ0) is 19.7. The van der Waals surface area contributed by atoms with Gasteiger partial charge in [-0.3, -0.25) is 4.98 Å². The normalized spacial score (nSPS) is 20.8. The molecule has 1 saturated heterocycles. The van der Waals surface area contributed by atoms with Crippen molar-refractivity contribution in [2.75, 3.05) is 25.0 Å². The van der Waals surface area contributed by atoms with Crippen molar-refractivity contribution >= 4 is 15.7 Å². The van der Waals surface area contributed by atoms with Crippen LogP contribution in [0.2, 0.25) is 0 Å². The highest BCUT2D eigenvalue weighted by Gasteiger charge is 2.35. The lowest BCUT2D eigenvalue weighted by atomic mass is 9.82. The molecule has 0 bridgehead atoms. The van der Waals surface area contributed by atoms with E-state index in [4.69, 9.17) is 4.74 Å². The number of aromatic nitrogens is 1. The van der Waals surface area contributed by atoms with Crippen LogP contribution in [0, 0.1) is 5.92 Å². The highest BCUT2D eigenvalue weighted by molar-refractivity contribution is 7.89. The number of sulfonamides is 1. The molecule has 6 nitrogen and oxygen atoms in total. The molecule has 4 rings (SSSR count). The van der Waals surface area contributed by atoms with Gasteiger partial charge in [0.25, 0.3) is 0 Å². The van der Waals surface area contributed by atoms with E-state index in [1.165, 1.54) is 5.56 Å². The molecular formula is C21H27N3O3S. The number of piperidine rings is 1. The van der Waals surface area contributed by atoms with Crippen LogP contribution in [-0.4, -0.2) is 43.4 Å². The van der Waals surface area contributed by atoms with Gasteiger partial charge in [0.05, 0.1) is 22.9 Å². The molecule has 2 aliphatic heterocycles. The molecule has 3 heterocycles. The second-order valence-corrected chi connectivity index (χ2v) is 9.77. The number of anilines is 1. The zero-order valence-electron chi connectivity index (χ0n) is 16.3. The summed E-state index contributed by atoms with van der Waals surface area (Å²) in [6, 6.07) is 8.83. The lowest BCUT2D eigenvalue weighted by Gasteiger charge is -2.34. The Bertz CT molecular complexity index is 920. The Hall–Kier alpha value is -2.12. The van der Waals surface area contributed by atoms with E-state index in [1.54, 1.807) is 28.6 Å². The first-order valence-electron chi connectivity index (χ1n) is 9.90. The van der Waals surface area contributed by atoms with Gasteiger partial charge in [-0.1, -0.05) is 0 Å². The smallest absolute Gasteiger partial charge is 0.243 e. The highest BCUT2D eigenvalue weighted by atomic mass is 32.2. The summed E-state index contributed by atoms with van der Waals surface area (Å²) in [4.78, 5) is 4.51. The van der Waals surface area contributed by atoms with Crippen molar-refractivity contribution in [2.24, 2.45) is 5.92 Å². The second kappa shape index (κ2) is 7.72. The maximum absolute atomic E-state index is 13.0. The molecule has 0 spiro atoms. The fraction of sp³-hybridized carbons (Fsp3) is 0.476. The van der Waals surface area contributed by atoms with Crippen LogP contribution >= 0.6 is 0 Å². The minimum Gasteiger partial charge on any atom is -0.491 e. The molecule has 1 N–H and O–H groups in total. The maximum atomic E-state index is 13.0. The Morgan fingerprint density at radius 3 is 2.54 bits per heavy atom. The number of nitrogens with one attached hydrogen (secondary N) is 1. The minimum atomic E-state index is -3.46. The highest BCUT2D eigenvalue weighted by Crippen LogP contribution is 2.40. The molecule has 0 saturated carbocycles. The fourth-order valence-corrected chi connectivity index (χ4v) is 5.73. The molecule has 0 radical (unpaired) electrons. The van der Waals surface area contributed by atoms with E-state index < -0.39 is 10.0 Å². The minimum absolute atomic E-state index is 0.0625. The van der Waals surface area contributed by atoms with E-state index in [2.05, 4.69) is 16.4 Å². The van der Waals surface area contributed by atoms with Crippen molar-refractivity contribution < 1.29 is 13.2 Å². The van der Waals surface area contributed by atoms with Crippen LogP contribution in [0.5, 0.6) is 5.75 Å². The Morgan fingerprint density at radius 2 is 1.86 bits per heavy atom. The topological polar surface area (TPSA) is 71.5 Å². The molecule has 1 aromatic carbocycles. The van der Waals surface area contributed by atoms with Gasteiger partial charge in [0.15, 0.2) is 0 Å². The Kier molecular flexibility index (Phi) is 5.29. The molecule has 7 heteroatoms. The molecule has 2 aliphatic rings. The van der Waals surface area contributed by atoms with Gasteiger partial charge in [0.2, 0.25) is 10.0 Å². The average molecular weight is 402 g/mol. The van der Waals surface area contributed by atoms with Gasteiger partial charge in [-0.15, -0.1) is 0 Å². The van der Waals surface area contributed by atoms with Crippen LogP contribution in [0.15, 0.2) is 47.6 Å². The predicted octanol–water partition coefficient (Wildman–Crippen LogP) is 3.48. The Morgan fingerprint density at radius 1 is 1.14 bits per heavy atom. The number of hydrogen-bond donors (Lipinski definition) is 1. The Labute approximate surface area is 167 Å². The monoisotopic (exact) mass is 401 g/mol. The first-order valence-corrected chi connectivity index (χ1v) is 11.3. The van der Waals surface area contributed by atoms with Crippen LogP contribution in [-0.2, 0) is 10.0 Å². The number of hydrogen-bond acceptors (Lipinski definition) is 5. The van der Waals surface area contributed by atoms with E-state index in [9.17, 15) is 8.42 Å². The molecule has 1 aromatic heterocycles. The van der Waals surface area contributed by atoms with Gasteiger partial charge in [-0.25, -0.2) is 8.42 Å². The zero-order valence-corrected chi connectivity index (χ0v) is 17.2. The van der Waals surface area contributed by atoms with Crippen LogP contribution in [0.3, 0.4) is 0 Å². The number of nitrogens with zero attached hydrogens (tertiary/aromatic N) is 2. The van der Waals surface area contributed by atoms with Crippen molar-refractivity contribution in [1.29, 1.82) is 0 Å². The molecule has 1 fully saturated rings. The third-order valence-electron chi connectivity index (χ3n) is 5.67. The van der Waals surface area contributed by atoms with Crippen LogP contribution in [0.4, 0.5) is 5.69 Å². The third-order valence-corrected chi connectivity index (χ3v) is 7.58. The van der Waals surface area contributed by atoms with Crippen LogP contribution in [0.25, 0.3) is 0 Å².